The zero-order valence-corrected chi connectivity index (χ0v) is 20.1. The molecule has 6 nitrogen and oxygen atoms in total. The molecule has 178 valence electrons. The maximum atomic E-state index is 13.1. The van der Waals surface area contributed by atoms with Crippen molar-refractivity contribution >= 4 is 40.5 Å². The van der Waals surface area contributed by atoms with Crippen LogP contribution in [0.2, 0.25) is 0 Å². The number of fused-ring (bicyclic) bond motifs is 3. The third-order valence-electron chi connectivity index (χ3n) is 6.79. The van der Waals surface area contributed by atoms with Gasteiger partial charge in [-0.3, -0.25) is 19.3 Å². The minimum atomic E-state index is -0.287. The standard InChI is InChI=1S/C29H29N3O3/c1-18(2)22-8-5-6-10-24(22)29(35)30-20-12-14-21(15-13-20)32-25-16-11-19-7-3-4-9-23(19)28(25)31-26(33)17-27(32)34/h5-6,8,10-16,18H,3-4,7,9,17H2,1-2H3,(H,30,35)(H,31,33). The predicted octanol–water partition coefficient (Wildman–Crippen LogP) is 5.95. The fourth-order valence-electron chi connectivity index (χ4n) is 5.06. The van der Waals surface area contributed by atoms with Crippen molar-refractivity contribution in [3.8, 4) is 0 Å². The number of anilines is 4. The summed E-state index contributed by atoms with van der Waals surface area (Å²) in [7, 11) is 0. The van der Waals surface area contributed by atoms with Gasteiger partial charge in [-0.1, -0.05) is 38.1 Å². The summed E-state index contributed by atoms with van der Waals surface area (Å²) >= 11 is 0. The largest absolute Gasteiger partial charge is 0.324 e. The average molecular weight is 468 g/mol. The second-order valence-corrected chi connectivity index (χ2v) is 9.50. The molecule has 0 radical (unpaired) electrons. The van der Waals surface area contributed by atoms with Crippen LogP contribution in [0.3, 0.4) is 0 Å². The van der Waals surface area contributed by atoms with Crippen LogP contribution >= 0.6 is 0 Å². The lowest BCUT2D eigenvalue weighted by Crippen LogP contribution is -2.26. The maximum absolute atomic E-state index is 13.1. The van der Waals surface area contributed by atoms with Crippen molar-refractivity contribution in [1.29, 1.82) is 0 Å². The monoisotopic (exact) mass is 467 g/mol. The van der Waals surface area contributed by atoms with Gasteiger partial charge in [-0.05, 0) is 84.7 Å². The summed E-state index contributed by atoms with van der Waals surface area (Å²) in [5.41, 5.74) is 6.76. The molecule has 35 heavy (non-hydrogen) atoms. The van der Waals surface area contributed by atoms with Crippen molar-refractivity contribution in [3.05, 3.63) is 82.9 Å². The normalized spacial score (nSPS) is 15.2. The molecular formula is C29H29N3O3. The maximum Gasteiger partial charge on any atom is 0.255 e. The van der Waals surface area contributed by atoms with E-state index in [1.165, 1.54) is 5.56 Å². The zero-order valence-electron chi connectivity index (χ0n) is 20.1. The van der Waals surface area contributed by atoms with Crippen LogP contribution in [0.4, 0.5) is 22.7 Å². The Morgan fingerprint density at radius 1 is 0.943 bits per heavy atom. The number of amides is 3. The zero-order chi connectivity index (χ0) is 24.5. The first-order valence-electron chi connectivity index (χ1n) is 12.2. The Balaban J connectivity index is 1.45. The quantitative estimate of drug-likeness (QED) is 0.466. The summed E-state index contributed by atoms with van der Waals surface area (Å²) in [5, 5.41) is 5.96. The number of hydrogen-bond donors (Lipinski definition) is 2. The highest BCUT2D eigenvalue weighted by Crippen LogP contribution is 2.41. The lowest BCUT2D eigenvalue weighted by molar-refractivity contribution is -0.124. The summed E-state index contributed by atoms with van der Waals surface area (Å²) < 4.78 is 0. The van der Waals surface area contributed by atoms with Crippen LogP contribution in [0.5, 0.6) is 0 Å². The second kappa shape index (κ2) is 9.37. The molecule has 0 saturated carbocycles. The van der Waals surface area contributed by atoms with E-state index in [1.54, 1.807) is 29.2 Å². The van der Waals surface area contributed by atoms with Gasteiger partial charge in [0.05, 0.1) is 11.4 Å². The lowest BCUT2D eigenvalue weighted by atomic mass is 9.89. The molecule has 0 spiro atoms. The van der Waals surface area contributed by atoms with E-state index < -0.39 is 0 Å². The van der Waals surface area contributed by atoms with Gasteiger partial charge in [0, 0.05) is 16.9 Å². The molecular weight excluding hydrogens is 438 g/mol. The van der Waals surface area contributed by atoms with Crippen LogP contribution < -0.4 is 15.5 Å². The van der Waals surface area contributed by atoms with E-state index in [1.807, 2.05) is 30.3 Å². The smallest absolute Gasteiger partial charge is 0.255 e. The van der Waals surface area contributed by atoms with E-state index in [2.05, 4.69) is 30.5 Å². The van der Waals surface area contributed by atoms with Crippen molar-refractivity contribution in [3.63, 3.8) is 0 Å². The highest BCUT2D eigenvalue weighted by molar-refractivity contribution is 6.18. The molecule has 0 aromatic heterocycles. The minimum absolute atomic E-state index is 0.167. The van der Waals surface area contributed by atoms with Gasteiger partial charge in [-0.25, -0.2) is 0 Å². The minimum Gasteiger partial charge on any atom is -0.324 e. The van der Waals surface area contributed by atoms with Crippen molar-refractivity contribution in [2.75, 3.05) is 15.5 Å². The van der Waals surface area contributed by atoms with E-state index >= 15 is 0 Å². The molecule has 3 aromatic carbocycles. The number of carbonyl (C=O) groups is 3. The fraction of sp³-hybridized carbons (Fsp3) is 0.276. The van der Waals surface area contributed by atoms with Gasteiger partial charge in [0.15, 0.2) is 0 Å². The van der Waals surface area contributed by atoms with Crippen LogP contribution in [0.1, 0.15) is 66.1 Å². The van der Waals surface area contributed by atoms with Gasteiger partial charge in [-0.2, -0.15) is 0 Å². The van der Waals surface area contributed by atoms with Gasteiger partial charge in [-0.15, -0.1) is 0 Å². The molecule has 3 aromatic rings. The molecule has 0 unspecified atom stereocenters. The number of benzene rings is 3. The Hall–Kier alpha value is -3.93. The van der Waals surface area contributed by atoms with Crippen LogP contribution in [-0.4, -0.2) is 17.7 Å². The van der Waals surface area contributed by atoms with Crippen LogP contribution in [-0.2, 0) is 22.4 Å². The third kappa shape index (κ3) is 4.44. The topological polar surface area (TPSA) is 78.5 Å². The van der Waals surface area contributed by atoms with Gasteiger partial charge in [0.1, 0.15) is 6.42 Å². The van der Waals surface area contributed by atoms with Gasteiger partial charge < -0.3 is 10.6 Å². The van der Waals surface area contributed by atoms with Gasteiger partial charge in [0.2, 0.25) is 11.8 Å². The van der Waals surface area contributed by atoms with Crippen molar-refractivity contribution in [1.82, 2.24) is 0 Å². The van der Waals surface area contributed by atoms with E-state index in [4.69, 9.17) is 0 Å². The Morgan fingerprint density at radius 2 is 1.69 bits per heavy atom. The Labute approximate surface area is 205 Å². The summed E-state index contributed by atoms with van der Waals surface area (Å²) in [6, 6.07) is 18.8. The van der Waals surface area contributed by atoms with Crippen molar-refractivity contribution in [2.24, 2.45) is 0 Å². The lowest BCUT2D eigenvalue weighted by Gasteiger charge is -2.26. The van der Waals surface area contributed by atoms with Crippen molar-refractivity contribution in [2.45, 2.75) is 51.9 Å². The molecule has 1 aliphatic carbocycles. The Morgan fingerprint density at radius 3 is 2.46 bits per heavy atom. The van der Waals surface area contributed by atoms with E-state index in [9.17, 15) is 14.4 Å². The molecule has 0 saturated heterocycles. The summed E-state index contributed by atoms with van der Waals surface area (Å²) in [6.07, 6.45) is 3.87. The SMILES string of the molecule is CC(C)c1ccccc1C(=O)Nc1ccc(N2C(=O)CC(=O)Nc3c2ccc2c3CCCC2)cc1. The molecule has 3 amide bonds. The van der Waals surface area contributed by atoms with Gasteiger partial charge in [0.25, 0.3) is 5.91 Å². The van der Waals surface area contributed by atoms with Crippen LogP contribution in [0.15, 0.2) is 60.7 Å². The molecule has 0 fully saturated rings. The number of nitrogens with one attached hydrogen (secondary N) is 2. The molecule has 2 N–H and O–H groups in total. The molecule has 2 aliphatic rings. The highest BCUT2D eigenvalue weighted by atomic mass is 16.2. The Bertz CT molecular complexity index is 1310. The van der Waals surface area contributed by atoms with Crippen LogP contribution in [0, 0.1) is 0 Å². The number of nitrogens with zero attached hydrogens (tertiary/aromatic N) is 1. The third-order valence-corrected chi connectivity index (χ3v) is 6.79. The molecule has 0 atom stereocenters. The van der Waals surface area contributed by atoms with Gasteiger partial charge >= 0.3 is 0 Å². The van der Waals surface area contributed by atoms with E-state index in [-0.39, 0.29) is 30.1 Å². The van der Waals surface area contributed by atoms with Crippen molar-refractivity contribution < 1.29 is 14.4 Å². The van der Waals surface area contributed by atoms with Crippen LogP contribution in [0.25, 0.3) is 0 Å². The second-order valence-electron chi connectivity index (χ2n) is 9.50. The molecule has 6 heteroatoms. The number of aryl methyl sites for hydroxylation is 1. The predicted molar refractivity (Wildman–Crippen MR) is 138 cm³/mol. The molecule has 0 bridgehead atoms. The molecule has 5 rings (SSSR count). The van der Waals surface area contributed by atoms with E-state index in [0.717, 1.165) is 42.5 Å². The number of carbonyl (C=O) groups excluding carboxylic acids is 3. The molecule has 1 heterocycles. The number of hydrogen-bond acceptors (Lipinski definition) is 3. The average Bonchev–Trinajstić information content (AvgIpc) is 2.99. The first kappa shape index (κ1) is 22.8. The summed E-state index contributed by atoms with van der Waals surface area (Å²) in [4.78, 5) is 40.1. The summed E-state index contributed by atoms with van der Waals surface area (Å²) in [5.74, 6) is -0.500. The Kier molecular flexibility index (Phi) is 6.12. The first-order valence-corrected chi connectivity index (χ1v) is 12.2. The first-order chi connectivity index (χ1) is 16.9. The fourth-order valence-corrected chi connectivity index (χ4v) is 5.06. The highest BCUT2D eigenvalue weighted by Gasteiger charge is 2.30. The number of rotatable bonds is 4. The molecule has 1 aliphatic heterocycles. The van der Waals surface area contributed by atoms with E-state index in [0.29, 0.717) is 22.6 Å². The summed E-state index contributed by atoms with van der Waals surface area (Å²) in [6.45, 7) is 4.13.